The third kappa shape index (κ3) is 15.2. The molecule has 13 N–H and O–H groups in total. The van der Waals surface area contributed by atoms with E-state index >= 15 is 0 Å². The molecule has 0 fully saturated rings. The molecule has 0 bridgehead atoms. The Labute approximate surface area is 220 Å². The lowest BCUT2D eigenvalue weighted by molar-refractivity contribution is -0.143. The summed E-state index contributed by atoms with van der Waals surface area (Å²) in [6.45, 7) is 3.81. The van der Waals surface area contributed by atoms with E-state index in [1.54, 1.807) is 0 Å². The van der Waals surface area contributed by atoms with E-state index in [-0.39, 0.29) is 44.1 Å². The highest BCUT2D eigenvalue weighted by atomic mass is 16.4. The third-order valence-corrected chi connectivity index (χ3v) is 5.21. The van der Waals surface area contributed by atoms with E-state index in [1.807, 2.05) is 13.8 Å². The molecule has 4 atom stereocenters. The van der Waals surface area contributed by atoms with Crippen LogP contribution in [0.4, 0.5) is 0 Å². The standard InChI is InChI=1S/C22H40N8O8/c1-11(2)10-12(23)18(34)28-14(5-7-16(24)31)20(36)29-13(4-3-9-27-22(25)26)19(35)30-15(21(37)38)6-8-17(32)33/h11-15H,3-10,23H2,1-2H3,(H2,24,31)(H,28,34)(H,29,36)(H,30,35)(H,32,33)(H,37,38)(H4,25,26,27). The monoisotopic (exact) mass is 544 g/mol. The van der Waals surface area contributed by atoms with Crippen molar-refractivity contribution in [2.75, 3.05) is 6.54 Å². The fourth-order valence-corrected chi connectivity index (χ4v) is 3.29. The van der Waals surface area contributed by atoms with Crippen LogP contribution in [-0.2, 0) is 28.8 Å². The number of nitrogens with one attached hydrogen (secondary N) is 3. The summed E-state index contributed by atoms with van der Waals surface area (Å²) in [6.07, 6.45) is -0.857. The molecule has 0 saturated carbocycles. The number of amides is 4. The molecule has 0 heterocycles. The van der Waals surface area contributed by atoms with Crippen molar-refractivity contribution >= 4 is 41.5 Å². The Morgan fingerprint density at radius 2 is 1.26 bits per heavy atom. The molecule has 0 aromatic heterocycles. The second-order valence-corrected chi connectivity index (χ2v) is 9.14. The van der Waals surface area contributed by atoms with Crippen LogP contribution in [0.2, 0.25) is 0 Å². The summed E-state index contributed by atoms with van der Waals surface area (Å²) in [5, 5.41) is 25.3. The minimum atomic E-state index is -1.53. The fraction of sp³-hybridized carbons (Fsp3) is 0.682. The Morgan fingerprint density at radius 1 is 0.763 bits per heavy atom. The van der Waals surface area contributed by atoms with Gasteiger partial charge in [-0.2, -0.15) is 0 Å². The van der Waals surface area contributed by atoms with Crippen LogP contribution < -0.4 is 38.9 Å². The minimum absolute atomic E-state index is 0.0387. The predicted molar refractivity (Wildman–Crippen MR) is 136 cm³/mol. The molecule has 0 aliphatic heterocycles. The Hall–Kier alpha value is -3.95. The third-order valence-electron chi connectivity index (χ3n) is 5.21. The lowest BCUT2D eigenvalue weighted by Crippen LogP contribution is -2.57. The second-order valence-electron chi connectivity index (χ2n) is 9.14. The molecular formula is C22H40N8O8. The molecule has 4 amide bonds. The van der Waals surface area contributed by atoms with E-state index in [0.29, 0.717) is 6.42 Å². The second kappa shape index (κ2) is 17.5. The van der Waals surface area contributed by atoms with Gasteiger partial charge in [-0.3, -0.25) is 29.0 Å². The first-order valence-electron chi connectivity index (χ1n) is 12.1. The summed E-state index contributed by atoms with van der Waals surface area (Å²) < 4.78 is 0. The molecule has 0 saturated heterocycles. The van der Waals surface area contributed by atoms with Crippen molar-refractivity contribution < 1.29 is 39.0 Å². The predicted octanol–water partition coefficient (Wildman–Crippen LogP) is -2.92. The summed E-state index contributed by atoms with van der Waals surface area (Å²) >= 11 is 0. The Bertz CT molecular complexity index is 875. The smallest absolute Gasteiger partial charge is 0.326 e. The van der Waals surface area contributed by atoms with Crippen molar-refractivity contribution in [1.29, 1.82) is 0 Å². The average molecular weight is 545 g/mol. The first kappa shape index (κ1) is 34.0. The van der Waals surface area contributed by atoms with E-state index in [0.717, 1.165) is 0 Å². The van der Waals surface area contributed by atoms with Crippen molar-refractivity contribution in [2.45, 2.75) is 83.0 Å². The zero-order chi connectivity index (χ0) is 29.4. The molecule has 0 aliphatic rings. The molecule has 0 aromatic carbocycles. The van der Waals surface area contributed by atoms with Gasteiger partial charge in [-0.05, 0) is 38.0 Å². The molecule has 0 radical (unpaired) electrons. The summed E-state index contributed by atoms with van der Waals surface area (Å²) in [4.78, 5) is 75.9. The molecule has 0 spiro atoms. The number of carboxylic acid groups (broad SMARTS) is 2. The summed E-state index contributed by atoms with van der Waals surface area (Å²) in [6, 6.07) is -5.04. The quantitative estimate of drug-likeness (QED) is 0.0450. The Balaban J connectivity index is 5.72. The number of hydrogen-bond acceptors (Lipinski definition) is 8. The van der Waals surface area contributed by atoms with Crippen LogP contribution in [-0.4, -0.2) is 82.5 Å². The van der Waals surface area contributed by atoms with E-state index in [2.05, 4.69) is 20.9 Å². The van der Waals surface area contributed by atoms with Crippen molar-refractivity contribution in [3.05, 3.63) is 0 Å². The van der Waals surface area contributed by atoms with Gasteiger partial charge in [0, 0.05) is 19.4 Å². The van der Waals surface area contributed by atoms with Gasteiger partial charge in [-0.1, -0.05) is 13.8 Å². The molecule has 16 heteroatoms. The van der Waals surface area contributed by atoms with Gasteiger partial charge in [0.1, 0.15) is 18.1 Å². The number of nitrogens with zero attached hydrogens (tertiary/aromatic N) is 1. The van der Waals surface area contributed by atoms with Gasteiger partial charge in [0.2, 0.25) is 23.6 Å². The summed E-state index contributed by atoms with van der Waals surface area (Å²) in [5.74, 6) is -5.92. The number of rotatable bonds is 19. The zero-order valence-corrected chi connectivity index (χ0v) is 21.6. The molecule has 0 aromatic rings. The fourth-order valence-electron chi connectivity index (χ4n) is 3.29. The van der Waals surface area contributed by atoms with E-state index in [9.17, 15) is 33.9 Å². The van der Waals surface area contributed by atoms with Gasteiger partial charge in [0.25, 0.3) is 0 Å². The van der Waals surface area contributed by atoms with Gasteiger partial charge < -0.3 is 49.1 Å². The first-order valence-corrected chi connectivity index (χ1v) is 12.1. The zero-order valence-electron chi connectivity index (χ0n) is 21.6. The normalized spacial score (nSPS) is 13.9. The van der Waals surface area contributed by atoms with Gasteiger partial charge in [-0.25, -0.2) is 4.79 Å². The van der Waals surface area contributed by atoms with Crippen LogP contribution in [0.25, 0.3) is 0 Å². The number of aliphatic carboxylic acids is 2. The number of hydrogen-bond donors (Lipinski definition) is 9. The van der Waals surface area contributed by atoms with Crippen LogP contribution in [0.1, 0.15) is 58.8 Å². The molecular weight excluding hydrogens is 504 g/mol. The van der Waals surface area contributed by atoms with Crippen LogP contribution in [0.3, 0.4) is 0 Å². The molecule has 4 unspecified atom stereocenters. The first-order chi connectivity index (χ1) is 17.6. The van der Waals surface area contributed by atoms with Gasteiger partial charge in [0.15, 0.2) is 5.96 Å². The number of nitrogens with two attached hydrogens (primary N) is 4. The van der Waals surface area contributed by atoms with Crippen molar-refractivity contribution in [1.82, 2.24) is 16.0 Å². The number of carbonyl (C=O) groups excluding carboxylic acids is 4. The van der Waals surface area contributed by atoms with Crippen molar-refractivity contribution in [3.8, 4) is 0 Å². The Morgan fingerprint density at radius 3 is 1.74 bits per heavy atom. The van der Waals surface area contributed by atoms with E-state index in [4.69, 9.17) is 28.0 Å². The number of carboxylic acids is 2. The molecule has 16 nitrogen and oxygen atoms in total. The molecule has 38 heavy (non-hydrogen) atoms. The number of carbonyl (C=O) groups is 6. The van der Waals surface area contributed by atoms with Crippen molar-refractivity contribution in [2.24, 2.45) is 33.8 Å². The topological polar surface area (TPSA) is 295 Å². The van der Waals surface area contributed by atoms with Gasteiger partial charge in [-0.15, -0.1) is 0 Å². The minimum Gasteiger partial charge on any atom is -0.481 e. The molecule has 216 valence electrons. The van der Waals surface area contributed by atoms with Crippen LogP contribution in [0.15, 0.2) is 4.99 Å². The number of primary amides is 1. The average Bonchev–Trinajstić information content (AvgIpc) is 2.79. The highest BCUT2D eigenvalue weighted by Crippen LogP contribution is 2.07. The van der Waals surface area contributed by atoms with Crippen LogP contribution in [0.5, 0.6) is 0 Å². The van der Waals surface area contributed by atoms with E-state index < -0.39 is 72.6 Å². The van der Waals surface area contributed by atoms with Crippen molar-refractivity contribution in [3.63, 3.8) is 0 Å². The molecule has 0 rings (SSSR count). The SMILES string of the molecule is CC(C)CC(N)C(=O)NC(CCC(N)=O)C(=O)NC(CCCN=C(N)N)C(=O)NC(CCC(=O)O)C(=O)O. The van der Waals surface area contributed by atoms with Gasteiger partial charge in [0.05, 0.1) is 6.04 Å². The van der Waals surface area contributed by atoms with E-state index in [1.165, 1.54) is 0 Å². The number of aliphatic imine (C=N–C) groups is 1. The van der Waals surface area contributed by atoms with Crippen LogP contribution in [0, 0.1) is 5.92 Å². The van der Waals surface area contributed by atoms with Crippen LogP contribution >= 0.6 is 0 Å². The highest BCUT2D eigenvalue weighted by Gasteiger charge is 2.30. The summed E-state index contributed by atoms with van der Waals surface area (Å²) in [7, 11) is 0. The number of guanidine groups is 1. The maximum Gasteiger partial charge on any atom is 0.326 e. The summed E-state index contributed by atoms with van der Waals surface area (Å²) in [5.41, 5.74) is 21.6. The lowest BCUT2D eigenvalue weighted by atomic mass is 10.0. The highest BCUT2D eigenvalue weighted by molar-refractivity contribution is 5.94. The maximum absolute atomic E-state index is 13.1. The van der Waals surface area contributed by atoms with Gasteiger partial charge >= 0.3 is 11.9 Å². The lowest BCUT2D eigenvalue weighted by Gasteiger charge is -2.25. The maximum atomic E-state index is 13.1. The largest absolute Gasteiger partial charge is 0.481 e. The Kier molecular flexibility index (Phi) is 15.7. The molecule has 0 aliphatic carbocycles.